The van der Waals surface area contributed by atoms with E-state index in [4.69, 9.17) is 5.73 Å². The molecule has 0 bridgehead atoms. The van der Waals surface area contributed by atoms with Crippen molar-refractivity contribution < 1.29 is 4.39 Å². The minimum Gasteiger partial charge on any atom is -0.325 e. The smallest absolute Gasteiger partial charge is 0.123 e. The summed E-state index contributed by atoms with van der Waals surface area (Å²) in [6.07, 6.45) is 0. The van der Waals surface area contributed by atoms with Gasteiger partial charge in [0.1, 0.15) is 11.5 Å². The van der Waals surface area contributed by atoms with E-state index in [1.807, 2.05) is 6.07 Å². The topological polar surface area (TPSA) is 56.7 Å². The highest BCUT2D eigenvalue weighted by Gasteiger charge is 2.15. The van der Waals surface area contributed by atoms with Crippen LogP contribution in [0.4, 0.5) is 4.39 Å². The first-order chi connectivity index (χ1) is 10.6. The van der Waals surface area contributed by atoms with Crippen molar-refractivity contribution in [1.29, 1.82) is 0 Å². The molecule has 0 amide bonds. The van der Waals surface area contributed by atoms with E-state index in [0.717, 1.165) is 16.9 Å². The fourth-order valence-corrected chi connectivity index (χ4v) is 2.39. The Bertz CT molecular complexity index is 806. The van der Waals surface area contributed by atoms with Crippen molar-refractivity contribution in [3.05, 3.63) is 65.1 Å². The van der Waals surface area contributed by atoms with Crippen LogP contribution in [0.15, 0.2) is 42.5 Å². The number of halogens is 1. The monoisotopic (exact) mass is 296 g/mol. The molecule has 0 saturated carbocycles. The van der Waals surface area contributed by atoms with Gasteiger partial charge in [-0.15, -0.1) is 5.10 Å². The van der Waals surface area contributed by atoms with E-state index in [2.05, 4.69) is 36.3 Å². The Morgan fingerprint density at radius 3 is 2.41 bits per heavy atom. The highest BCUT2D eigenvalue weighted by Crippen LogP contribution is 2.27. The van der Waals surface area contributed by atoms with Crippen molar-refractivity contribution in [2.75, 3.05) is 0 Å². The van der Waals surface area contributed by atoms with Gasteiger partial charge >= 0.3 is 0 Å². The Balaban J connectivity index is 2.19. The van der Waals surface area contributed by atoms with Crippen molar-refractivity contribution in [3.63, 3.8) is 0 Å². The van der Waals surface area contributed by atoms with Gasteiger partial charge in [0.05, 0.1) is 11.4 Å². The third-order valence-corrected chi connectivity index (χ3v) is 3.78. The summed E-state index contributed by atoms with van der Waals surface area (Å²) < 4.78 is 14.8. The second-order valence-electron chi connectivity index (χ2n) is 5.28. The van der Waals surface area contributed by atoms with E-state index in [-0.39, 0.29) is 5.82 Å². The molecule has 4 nitrogen and oxygen atoms in total. The molecule has 0 aliphatic carbocycles. The van der Waals surface area contributed by atoms with Crippen molar-refractivity contribution in [1.82, 2.24) is 15.0 Å². The van der Waals surface area contributed by atoms with Crippen LogP contribution in [0.2, 0.25) is 0 Å². The van der Waals surface area contributed by atoms with E-state index < -0.39 is 0 Å². The molecule has 5 heteroatoms. The van der Waals surface area contributed by atoms with Crippen LogP contribution in [0.3, 0.4) is 0 Å². The number of hydrogen-bond donors (Lipinski definition) is 1. The number of benzene rings is 2. The first kappa shape index (κ1) is 14.4. The van der Waals surface area contributed by atoms with Crippen LogP contribution in [0.5, 0.6) is 0 Å². The molecule has 0 fully saturated rings. The zero-order valence-electron chi connectivity index (χ0n) is 12.5. The van der Waals surface area contributed by atoms with Crippen LogP contribution in [-0.2, 0) is 6.54 Å². The molecule has 3 rings (SSSR count). The lowest BCUT2D eigenvalue weighted by molar-refractivity contribution is 0.627. The van der Waals surface area contributed by atoms with Crippen molar-refractivity contribution in [2.24, 2.45) is 5.73 Å². The summed E-state index contributed by atoms with van der Waals surface area (Å²) in [7, 11) is 0. The zero-order valence-corrected chi connectivity index (χ0v) is 12.5. The summed E-state index contributed by atoms with van der Waals surface area (Å²) in [5, 5.41) is 8.34. The average Bonchev–Trinajstić information content (AvgIpc) is 2.94. The molecule has 0 radical (unpaired) electrons. The highest BCUT2D eigenvalue weighted by atomic mass is 19.1. The average molecular weight is 296 g/mol. The maximum absolute atomic E-state index is 13.1. The van der Waals surface area contributed by atoms with Gasteiger partial charge in [-0.2, -0.15) is 0 Å². The predicted molar refractivity (Wildman–Crippen MR) is 84.1 cm³/mol. The van der Waals surface area contributed by atoms with Crippen LogP contribution < -0.4 is 5.73 Å². The maximum Gasteiger partial charge on any atom is 0.123 e. The Labute approximate surface area is 128 Å². The summed E-state index contributed by atoms with van der Waals surface area (Å²) in [5.74, 6) is -0.282. The number of aryl methyl sites for hydroxylation is 2. The molecule has 0 unspecified atom stereocenters. The molecule has 0 spiro atoms. The van der Waals surface area contributed by atoms with Crippen molar-refractivity contribution in [2.45, 2.75) is 20.4 Å². The van der Waals surface area contributed by atoms with E-state index in [1.54, 1.807) is 16.8 Å². The summed E-state index contributed by atoms with van der Waals surface area (Å²) in [6, 6.07) is 12.3. The summed E-state index contributed by atoms with van der Waals surface area (Å²) in [5.41, 5.74) is 11.5. The van der Waals surface area contributed by atoms with Gasteiger partial charge in [0.15, 0.2) is 0 Å². The summed E-state index contributed by atoms with van der Waals surface area (Å²) >= 11 is 0. The van der Waals surface area contributed by atoms with Crippen molar-refractivity contribution >= 4 is 0 Å². The Hall–Kier alpha value is -2.53. The second-order valence-corrected chi connectivity index (χ2v) is 5.28. The quantitative estimate of drug-likeness (QED) is 0.807. The molecule has 0 atom stereocenters. The molecule has 2 N–H and O–H groups in total. The number of nitrogens with two attached hydrogens (primary N) is 1. The van der Waals surface area contributed by atoms with Crippen LogP contribution >= 0.6 is 0 Å². The standard InChI is InChI=1S/C17H17FN4/c1-11-3-4-13(9-12(11)2)17-16(10-19)20-21-22(17)15-7-5-14(18)6-8-15/h3-9H,10,19H2,1-2H3. The molecule has 0 aliphatic rings. The minimum atomic E-state index is -0.282. The van der Waals surface area contributed by atoms with Gasteiger partial charge < -0.3 is 5.73 Å². The molecule has 3 aromatic rings. The number of rotatable bonds is 3. The van der Waals surface area contributed by atoms with E-state index >= 15 is 0 Å². The van der Waals surface area contributed by atoms with E-state index in [0.29, 0.717) is 12.2 Å². The SMILES string of the molecule is Cc1ccc(-c2c(CN)nnn2-c2ccc(F)cc2)cc1C. The van der Waals surface area contributed by atoms with E-state index in [1.165, 1.54) is 23.3 Å². The van der Waals surface area contributed by atoms with Gasteiger partial charge in [-0.05, 0) is 55.3 Å². The van der Waals surface area contributed by atoms with Gasteiger partial charge in [0.2, 0.25) is 0 Å². The second kappa shape index (κ2) is 5.69. The molecular formula is C17H17FN4. The number of nitrogens with zero attached hydrogens (tertiary/aromatic N) is 3. The van der Waals surface area contributed by atoms with Crippen LogP contribution in [0.1, 0.15) is 16.8 Å². The molecular weight excluding hydrogens is 279 g/mol. The Morgan fingerprint density at radius 1 is 1.05 bits per heavy atom. The van der Waals surface area contributed by atoms with Crippen LogP contribution in [0, 0.1) is 19.7 Å². The number of aromatic nitrogens is 3. The molecule has 112 valence electrons. The van der Waals surface area contributed by atoms with Crippen LogP contribution in [-0.4, -0.2) is 15.0 Å². The third-order valence-electron chi connectivity index (χ3n) is 3.78. The highest BCUT2D eigenvalue weighted by molar-refractivity contribution is 5.65. The molecule has 2 aromatic carbocycles. The van der Waals surface area contributed by atoms with Gasteiger partial charge in [-0.25, -0.2) is 9.07 Å². The summed E-state index contributed by atoms with van der Waals surface area (Å²) in [6.45, 7) is 4.43. The Kier molecular flexibility index (Phi) is 3.73. The molecule has 0 aliphatic heterocycles. The van der Waals surface area contributed by atoms with Gasteiger partial charge in [0, 0.05) is 12.1 Å². The normalized spacial score (nSPS) is 10.9. The Morgan fingerprint density at radius 2 is 1.77 bits per heavy atom. The fraction of sp³-hybridized carbons (Fsp3) is 0.176. The van der Waals surface area contributed by atoms with Crippen LogP contribution in [0.25, 0.3) is 16.9 Å². The van der Waals surface area contributed by atoms with E-state index in [9.17, 15) is 4.39 Å². The third kappa shape index (κ3) is 2.51. The lowest BCUT2D eigenvalue weighted by atomic mass is 10.0. The zero-order chi connectivity index (χ0) is 15.7. The summed E-state index contributed by atoms with van der Waals surface area (Å²) in [4.78, 5) is 0. The maximum atomic E-state index is 13.1. The fourth-order valence-electron chi connectivity index (χ4n) is 2.39. The van der Waals surface area contributed by atoms with Gasteiger partial charge in [0.25, 0.3) is 0 Å². The largest absolute Gasteiger partial charge is 0.325 e. The molecule has 1 aromatic heterocycles. The predicted octanol–water partition coefficient (Wildman–Crippen LogP) is 3.15. The minimum absolute atomic E-state index is 0.282. The number of hydrogen-bond acceptors (Lipinski definition) is 3. The lowest BCUT2D eigenvalue weighted by Crippen LogP contribution is -2.03. The first-order valence-electron chi connectivity index (χ1n) is 7.08. The first-order valence-corrected chi connectivity index (χ1v) is 7.08. The molecule has 0 saturated heterocycles. The van der Waals surface area contributed by atoms with Gasteiger partial charge in [-0.1, -0.05) is 17.3 Å². The van der Waals surface area contributed by atoms with Gasteiger partial charge in [-0.3, -0.25) is 0 Å². The molecule has 22 heavy (non-hydrogen) atoms. The van der Waals surface area contributed by atoms with Crippen molar-refractivity contribution in [3.8, 4) is 16.9 Å². The lowest BCUT2D eigenvalue weighted by Gasteiger charge is -2.10. The molecule has 1 heterocycles.